The maximum Gasteiger partial charge on any atom is 0.0673 e. The molecule has 0 bridgehead atoms. The van der Waals surface area contributed by atoms with Crippen molar-refractivity contribution in [1.82, 2.24) is 15.1 Å². The summed E-state index contributed by atoms with van der Waals surface area (Å²) in [5.74, 6) is 0. The van der Waals surface area contributed by atoms with Gasteiger partial charge < -0.3 is 5.32 Å². The van der Waals surface area contributed by atoms with E-state index in [0.717, 1.165) is 30.1 Å². The highest BCUT2D eigenvalue weighted by molar-refractivity contribution is 6.30. The van der Waals surface area contributed by atoms with Gasteiger partial charge in [-0.05, 0) is 37.1 Å². The number of halogens is 1. The first kappa shape index (κ1) is 15.1. The number of hydrogen-bond donors (Lipinski definition) is 1. The summed E-state index contributed by atoms with van der Waals surface area (Å²) in [4.78, 5) is 0. The van der Waals surface area contributed by atoms with Crippen molar-refractivity contribution >= 4 is 11.6 Å². The average Bonchev–Trinajstić information content (AvgIpc) is 2.82. The molecule has 20 heavy (non-hydrogen) atoms. The Labute approximate surface area is 126 Å². The summed E-state index contributed by atoms with van der Waals surface area (Å²) in [6, 6.07) is 8.24. The van der Waals surface area contributed by atoms with Gasteiger partial charge in [-0.25, -0.2) is 0 Å². The number of nitrogens with one attached hydrogen (secondary N) is 1. The minimum atomic E-state index is 0.177. The Morgan fingerprint density at radius 2 is 1.95 bits per heavy atom. The maximum atomic E-state index is 5.99. The summed E-state index contributed by atoms with van der Waals surface area (Å²) in [6.07, 6.45) is 4.15. The van der Waals surface area contributed by atoms with Crippen molar-refractivity contribution < 1.29 is 0 Å². The van der Waals surface area contributed by atoms with E-state index in [-0.39, 0.29) is 6.04 Å². The summed E-state index contributed by atoms with van der Waals surface area (Å²) in [7, 11) is 1.97. The second-order valence-corrected chi connectivity index (χ2v) is 5.43. The number of rotatable bonds is 6. The molecule has 4 heteroatoms. The Kier molecular flexibility index (Phi) is 5.21. The molecule has 0 saturated carbocycles. The van der Waals surface area contributed by atoms with Gasteiger partial charge in [0.25, 0.3) is 0 Å². The average molecular weight is 292 g/mol. The molecule has 1 atom stereocenters. The number of hydrogen-bond acceptors (Lipinski definition) is 2. The summed E-state index contributed by atoms with van der Waals surface area (Å²) in [5.41, 5.74) is 3.63. The van der Waals surface area contributed by atoms with Crippen molar-refractivity contribution in [2.24, 2.45) is 7.05 Å². The van der Waals surface area contributed by atoms with Gasteiger partial charge in [0.15, 0.2) is 0 Å². The van der Waals surface area contributed by atoms with Gasteiger partial charge in [0.05, 0.1) is 11.7 Å². The molecule has 0 saturated heterocycles. The molecule has 1 N–H and O–H groups in total. The number of nitrogens with zero attached hydrogens (tertiary/aromatic N) is 2. The third-order valence-corrected chi connectivity index (χ3v) is 3.64. The van der Waals surface area contributed by atoms with E-state index in [1.54, 1.807) is 0 Å². The van der Waals surface area contributed by atoms with Crippen LogP contribution in [-0.4, -0.2) is 16.3 Å². The zero-order valence-corrected chi connectivity index (χ0v) is 13.1. The highest BCUT2D eigenvalue weighted by Gasteiger charge is 2.19. The first-order valence-electron chi connectivity index (χ1n) is 7.17. The molecule has 0 radical (unpaired) electrons. The second-order valence-electron chi connectivity index (χ2n) is 5.00. The van der Waals surface area contributed by atoms with Crippen LogP contribution in [0.5, 0.6) is 0 Å². The lowest BCUT2D eigenvalue weighted by atomic mass is 9.98. The van der Waals surface area contributed by atoms with Crippen molar-refractivity contribution in [2.45, 2.75) is 32.7 Å². The fourth-order valence-electron chi connectivity index (χ4n) is 2.42. The molecule has 0 fully saturated rings. The lowest BCUT2D eigenvalue weighted by molar-refractivity contribution is 0.594. The summed E-state index contributed by atoms with van der Waals surface area (Å²) in [5, 5.41) is 8.93. The van der Waals surface area contributed by atoms with Crippen LogP contribution in [0, 0.1) is 0 Å². The number of benzene rings is 1. The largest absolute Gasteiger partial charge is 0.306 e. The van der Waals surface area contributed by atoms with Crippen LogP contribution in [0.2, 0.25) is 5.02 Å². The minimum absolute atomic E-state index is 0.177. The van der Waals surface area contributed by atoms with Crippen LogP contribution in [-0.2, 0) is 13.5 Å². The van der Waals surface area contributed by atoms with Crippen molar-refractivity contribution in [1.29, 1.82) is 0 Å². The summed E-state index contributed by atoms with van der Waals surface area (Å²) >= 11 is 5.99. The molecule has 108 valence electrons. The fourth-order valence-corrected chi connectivity index (χ4v) is 2.55. The molecule has 0 aliphatic heterocycles. The van der Waals surface area contributed by atoms with Gasteiger partial charge in [-0.2, -0.15) is 5.10 Å². The predicted molar refractivity (Wildman–Crippen MR) is 84.2 cm³/mol. The van der Waals surface area contributed by atoms with E-state index in [1.807, 2.05) is 23.9 Å². The summed E-state index contributed by atoms with van der Waals surface area (Å²) < 4.78 is 1.89. The van der Waals surface area contributed by atoms with Crippen molar-refractivity contribution in [3.05, 3.63) is 52.3 Å². The van der Waals surface area contributed by atoms with E-state index in [0.29, 0.717) is 0 Å². The Morgan fingerprint density at radius 3 is 2.55 bits per heavy atom. The molecule has 3 nitrogen and oxygen atoms in total. The molecule has 0 spiro atoms. The van der Waals surface area contributed by atoms with E-state index in [4.69, 9.17) is 11.6 Å². The molecular formula is C16H22ClN3. The van der Waals surface area contributed by atoms with Crippen LogP contribution in [0.1, 0.15) is 43.1 Å². The standard InChI is InChI=1S/C16H22ClN3/c1-4-10-18-16(12-6-8-13(17)9-7-12)14-11-20(3)19-15(14)5-2/h6-9,11,16,18H,4-5,10H2,1-3H3. The van der Waals surface area contributed by atoms with Gasteiger partial charge >= 0.3 is 0 Å². The van der Waals surface area contributed by atoms with Gasteiger partial charge in [-0.15, -0.1) is 0 Å². The first-order valence-corrected chi connectivity index (χ1v) is 7.54. The second kappa shape index (κ2) is 6.91. The molecule has 0 aliphatic carbocycles. The SMILES string of the molecule is CCCNC(c1ccc(Cl)cc1)c1cn(C)nc1CC. The van der Waals surface area contributed by atoms with Crippen LogP contribution in [0.25, 0.3) is 0 Å². The van der Waals surface area contributed by atoms with E-state index >= 15 is 0 Å². The van der Waals surface area contributed by atoms with Crippen molar-refractivity contribution in [3.8, 4) is 0 Å². The minimum Gasteiger partial charge on any atom is -0.306 e. The maximum absolute atomic E-state index is 5.99. The lowest BCUT2D eigenvalue weighted by Crippen LogP contribution is -2.23. The highest BCUT2D eigenvalue weighted by Crippen LogP contribution is 2.26. The van der Waals surface area contributed by atoms with E-state index in [9.17, 15) is 0 Å². The van der Waals surface area contributed by atoms with E-state index < -0.39 is 0 Å². The first-order chi connectivity index (χ1) is 9.65. The van der Waals surface area contributed by atoms with E-state index in [2.05, 4.69) is 42.6 Å². The Morgan fingerprint density at radius 1 is 1.25 bits per heavy atom. The lowest BCUT2D eigenvalue weighted by Gasteiger charge is -2.19. The molecule has 2 rings (SSSR count). The van der Waals surface area contributed by atoms with Crippen molar-refractivity contribution in [2.75, 3.05) is 6.54 Å². The van der Waals surface area contributed by atoms with Gasteiger partial charge in [0, 0.05) is 23.8 Å². The third-order valence-electron chi connectivity index (χ3n) is 3.39. The zero-order chi connectivity index (χ0) is 14.5. The molecule has 1 aromatic heterocycles. The van der Waals surface area contributed by atoms with E-state index in [1.165, 1.54) is 11.1 Å². The van der Waals surface area contributed by atoms with Crippen LogP contribution in [0.3, 0.4) is 0 Å². The van der Waals surface area contributed by atoms with Crippen LogP contribution in [0.15, 0.2) is 30.5 Å². The highest BCUT2D eigenvalue weighted by atomic mass is 35.5. The summed E-state index contributed by atoms with van der Waals surface area (Å²) in [6.45, 7) is 5.30. The Balaban J connectivity index is 2.38. The zero-order valence-electron chi connectivity index (χ0n) is 12.4. The van der Waals surface area contributed by atoms with Gasteiger partial charge in [-0.3, -0.25) is 4.68 Å². The van der Waals surface area contributed by atoms with Crippen LogP contribution in [0.4, 0.5) is 0 Å². The third kappa shape index (κ3) is 3.41. The fraction of sp³-hybridized carbons (Fsp3) is 0.438. The van der Waals surface area contributed by atoms with Crippen LogP contribution < -0.4 is 5.32 Å². The molecule has 0 amide bonds. The molecule has 1 unspecified atom stereocenters. The Bertz CT molecular complexity index is 545. The quantitative estimate of drug-likeness (QED) is 0.879. The molecule has 2 aromatic rings. The van der Waals surface area contributed by atoms with Crippen molar-refractivity contribution in [3.63, 3.8) is 0 Å². The van der Waals surface area contributed by atoms with Crippen LogP contribution >= 0.6 is 11.6 Å². The molecule has 1 heterocycles. The van der Waals surface area contributed by atoms with Gasteiger partial charge in [-0.1, -0.05) is 37.6 Å². The number of aromatic nitrogens is 2. The smallest absolute Gasteiger partial charge is 0.0673 e. The Hall–Kier alpha value is -1.32. The molecule has 0 aliphatic rings. The monoisotopic (exact) mass is 291 g/mol. The normalized spacial score (nSPS) is 12.6. The topological polar surface area (TPSA) is 29.9 Å². The van der Waals surface area contributed by atoms with Gasteiger partial charge in [0.2, 0.25) is 0 Å². The molecule has 1 aromatic carbocycles. The predicted octanol–water partition coefficient (Wildman–Crippen LogP) is 3.72. The van der Waals surface area contributed by atoms with Gasteiger partial charge in [0.1, 0.15) is 0 Å². The molecular weight excluding hydrogens is 270 g/mol. The number of aryl methyl sites for hydroxylation is 2.